The van der Waals surface area contributed by atoms with E-state index in [1.165, 1.54) is 16.4 Å². The van der Waals surface area contributed by atoms with Gasteiger partial charge in [0.1, 0.15) is 5.82 Å². The molecule has 0 unspecified atom stereocenters. The van der Waals surface area contributed by atoms with Gasteiger partial charge in [-0.05, 0) is 42.8 Å². The Hall–Kier alpha value is -2.21. The molecule has 0 saturated carbocycles. The molecule has 1 heterocycles. The molecular formula is C16H14FNO3S. The Bertz CT molecular complexity index is 861. The van der Waals surface area contributed by atoms with Crippen molar-refractivity contribution in [3.05, 3.63) is 59.4 Å². The van der Waals surface area contributed by atoms with Crippen LogP contribution in [-0.2, 0) is 10.0 Å². The number of anilines is 1. The van der Waals surface area contributed by atoms with Crippen molar-refractivity contribution < 1.29 is 17.6 Å². The van der Waals surface area contributed by atoms with Gasteiger partial charge in [-0.15, -0.1) is 0 Å². The lowest BCUT2D eigenvalue weighted by Crippen LogP contribution is -2.37. The molecule has 0 aliphatic carbocycles. The number of halogens is 1. The summed E-state index contributed by atoms with van der Waals surface area (Å²) in [5.74, 6) is -0.799. The number of ketones is 1. The number of carbonyl (C=O) groups is 1. The number of rotatable bonds is 2. The molecule has 0 amide bonds. The summed E-state index contributed by atoms with van der Waals surface area (Å²) in [6.07, 6.45) is 0.0432. The second-order valence-corrected chi connectivity index (χ2v) is 7.09. The van der Waals surface area contributed by atoms with Gasteiger partial charge in [-0.1, -0.05) is 12.1 Å². The van der Waals surface area contributed by atoms with E-state index in [1.54, 1.807) is 12.1 Å². The monoisotopic (exact) mass is 319 g/mol. The molecule has 1 aliphatic rings. The molecule has 0 saturated heterocycles. The van der Waals surface area contributed by atoms with Crippen LogP contribution >= 0.6 is 0 Å². The Morgan fingerprint density at radius 2 is 1.91 bits per heavy atom. The Balaban J connectivity index is 2.14. The van der Waals surface area contributed by atoms with Crippen molar-refractivity contribution in [1.82, 2.24) is 0 Å². The summed E-state index contributed by atoms with van der Waals surface area (Å²) in [7, 11) is -3.78. The number of benzene rings is 2. The maximum atomic E-state index is 13.3. The van der Waals surface area contributed by atoms with Crippen molar-refractivity contribution in [1.29, 1.82) is 0 Å². The molecule has 3 rings (SSSR count). The average Bonchev–Trinajstić information content (AvgIpc) is 2.48. The molecule has 0 aromatic heterocycles. The highest BCUT2D eigenvalue weighted by atomic mass is 32.2. The van der Waals surface area contributed by atoms with Crippen LogP contribution in [0.4, 0.5) is 10.1 Å². The number of Topliss-reactive ketones (excluding diaryl/α,β-unsaturated/α-hetero) is 1. The number of carbonyl (C=O) groups excluding carboxylic acids is 1. The van der Waals surface area contributed by atoms with Crippen LogP contribution in [-0.4, -0.2) is 20.7 Å². The molecule has 22 heavy (non-hydrogen) atoms. The van der Waals surface area contributed by atoms with Crippen molar-refractivity contribution in [2.24, 2.45) is 0 Å². The third-order valence-corrected chi connectivity index (χ3v) is 5.46. The third kappa shape index (κ3) is 2.39. The lowest BCUT2D eigenvalue weighted by Gasteiger charge is -2.29. The van der Waals surface area contributed by atoms with E-state index in [0.717, 1.165) is 17.7 Å². The summed E-state index contributed by atoms with van der Waals surface area (Å²) in [5.41, 5.74) is 1.18. The maximum absolute atomic E-state index is 13.3. The van der Waals surface area contributed by atoms with Crippen molar-refractivity contribution >= 4 is 21.5 Å². The van der Waals surface area contributed by atoms with Crippen LogP contribution in [0.2, 0.25) is 0 Å². The van der Waals surface area contributed by atoms with Gasteiger partial charge in [0.25, 0.3) is 10.0 Å². The van der Waals surface area contributed by atoms with Crippen molar-refractivity contribution in [3.63, 3.8) is 0 Å². The number of hydrogen-bond donors (Lipinski definition) is 0. The highest BCUT2D eigenvalue weighted by Crippen LogP contribution is 2.32. The fourth-order valence-electron chi connectivity index (χ4n) is 2.56. The van der Waals surface area contributed by atoms with E-state index in [1.807, 2.05) is 13.0 Å². The smallest absolute Gasteiger partial charge is 0.264 e. The first-order valence-electron chi connectivity index (χ1n) is 6.82. The fraction of sp³-hybridized carbons (Fsp3) is 0.188. The molecule has 0 bridgehead atoms. The van der Waals surface area contributed by atoms with Crippen LogP contribution < -0.4 is 4.31 Å². The van der Waals surface area contributed by atoms with Gasteiger partial charge in [-0.25, -0.2) is 12.8 Å². The molecule has 1 aliphatic heterocycles. The Labute approximate surface area is 128 Å². The molecule has 0 N–H and O–H groups in total. The number of sulfonamides is 1. The third-order valence-electron chi connectivity index (χ3n) is 3.65. The minimum absolute atomic E-state index is 0.0432. The minimum Gasteiger partial charge on any atom is -0.294 e. The Kier molecular flexibility index (Phi) is 3.48. The van der Waals surface area contributed by atoms with Crippen molar-refractivity contribution in [2.45, 2.75) is 18.2 Å². The van der Waals surface area contributed by atoms with Crippen molar-refractivity contribution in [3.8, 4) is 0 Å². The Morgan fingerprint density at radius 3 is 2.64 bits per heavy atom. The van der Waals surface area contributed by atoms with Gasteiger partial charge in [-0.3, -0.25) is 9.10 Å². The first kappa shape index (κ1) is 14.7. The van der Waals surface area contributed by atoms with E-state index in [2.05, 4.69) is 0 Å². The lowest BCUT2D eigenvalue weighted by molar-refractivity contribution is 0.0981. The molecule has 6 heteroatoms. The van der Waals surface area contributed by atoms with Gasteiger partial charge >= 0.3 is 0 Å². The zero-order valence-corrected chi connectivity index (χ0v) is 12.7. The lowest BCUT2D eigenvalue weighted by atomic mass is 10.0. The topological polar surface area (TPSA) is 54.5 Å². The number of fused-ring (bicyclic) bond motifs is 1. The van der Waals surface area contributed by atoms with Crippen LogP contribution in [0.5, 0.6) is 0 Å². The number of nitrogens with zero attached hydrogens (tertiary/aromatic N) is 1. The quantitative estimate of drug-likeness (QED) is 0.855. The van der Waals surface area contributed by atoms with E-state index in [0.29, 0.717) is 0 Å². The zero-order chi connectivity index (χ0) is 15.9. The van der Waals surface area contributed by atoms with Gasteiger partial charge in [0.15, 0.2) is 5.78 Å². The van der Waals surface area contributed by atoms with Crippen LogP contribution in [0.3, 0.4) is 0 Å². The first-order chi connectivity index (χ1) is 10.4. The summed E-state index contributed by atoms with van der Waals surface area (Å²) < 4.78 is 40.2. The van der Waals surface area contributed by atoms with E-state index >= 15 is 0 Å². The van der Waals surface area contributed by atoms with Crippen LogP contribution in [0.15, 0.2) is 47.4 Å². The van der Waals surface area contributed by atoms with Crippen LogP contribution in [0, 0.1) is 12.7 Å². The van der Waals surface area contributed by atoms with Gasteiger partial charge in [0.05, 0.1) is 10.6 Å². The largest absolute Gasteiger partial charge is 0.294 e. The second kappa shape index (κ2) is 5.21. The van der Waals surface area contributed by atoms with E-state index in [9.17, 15) is 17.6 Å². The molecule has 0 atom stereocenters. The highest BCUT2D eigenvalue weighted by Gasteiger charge is 2.32. The van der Waals surface area contributed by atoms with Gasteiger partial charge < -0.3 is 0 Å². The second-order valence-electron chi connectivity index (χ2n) is 5.23. The normalized spacial score (nSPS) is 14.8. The predicted octanol–water partition coefficient (Wildman–Crippen LogP) is 2.92. The van der Waals surface area contributed by atoms with Crippen LogP contribution in [0.1, 0.15) is 22.3 Å². The van der Waals surface area contributed by atoms with E-state index in [4.69, 9.17) is 0 Å². The van der Waals surface area contributed by atoms with E-state index in [-0.39, 0.29) is 34.9 Å². The van der Waals surface area contributed by atoms with Gasteiger partial charge in [-0.2, -0.15) is 0 Å². The van der Waals surface area contributed by atoms with Crippen molar-refractivity contribution in [2.75, 3.05) is 10.8 Å². The molecule has 2 aromatic rings. The maximum Gasteiger partial charge on any atom is 0.264 e. The standard InChI is InChI=1S/C16H14FNO3S/c1-11-3-2-4-13(9-11)22(20,21)18-8-7-16(19)14-10-12(17)5-6-15(14)18/h2-6,9-10H,7-8H2,1H3. The fourth-order valence-corrected chi connectivity index (χ4v) is 4.15. The molecule has 4 nitrogen and oxygen atoms in total. The van der Waals surface area contributed by atoms with Gasteiger partial charge in [0.2, 0.25) is 0 Å². The summed E-state index contributed by atoms with van der Waals surface area (Å²) in [6, 6.07) is 10.2. The molecule has 0 spiro atoms. The number of aryl methyl sites for hydroxylation is 1. The molecule has 114 valence electrons. The predicted molar refractivity (Wildman–Crippen MR) is 81.1 cm³/mol. The Morgan fingerprint density at radius 1 is 1.14 bits per heavy atom. The highest BCUT2D eigenvalue weighted by molar-refractivity contribution is 7.92. The summed E-state index contributed by atoms with van der Waals surface area (Å²) in [4.78, 5) is 12.1. The average molecular weight is 319 g/mol. The summed E-state index contributed by atoms with van der Waals surface area (Å²) in [5, 5.41) is 0. The van der Waals surface area contributed by atoms with Crippen LogP contribution in [0.25, 0.3) is 0 Å². The summed E-state index contributed by atoms with van der Waals surface area (Å²) in [6.45, 7) is 1.87. The SMILES string of the molecule is Cc1cccc(S(=O)(=O)N2CCC(=O)c3cc(F)ccc32)c1. The summed E-state index contributed by atoms with van der Waals surface area (Å²) >= 11 is 0. The molecule has 0 fully saturated rings. The molecule has 0 radical (unpaired) electrons. The zero-order valence-electron chi connectivity index (χ0n) is 11.9. The molecule has 2 aromatic carbocycles. The molecular weight excluding hydrogens is 305 g/mol. The van der Waals surface area contributed by atoms with Gasteiger partial charge in [0, 0.05) is 18.5 Å². The first-order valence-corrected chi connectivity index (χ1v) is 8.26. The number of hydrogen-bond acceptors (Lipinski definition) is 3. The van der Waals surface area contributed by atoms with E-state index < -0.39 is 15.8 Å². The minimum atomic E-state index is -3.78.